The molecule has 2 rings (SSSR count). The Morgan fingerprint density at radius 1 is 1.40 bits per heavy atom. The highest BCUT2D eigenvalue weighted by atomic mass is 16.5. The molecular weight excluding hydrogens is 128 g/mol. The van der Waals surface area contributed by atoms with Crippen molar-refractivity contribution in [2.45, 2.75) is 37.7 Å². The van der Waals surface area contributed by atoms with Gasteiger partial charge in [0.1, 0.15) is 5.60 Å². The lowest BCUT2D eigenvalue weighted by Crippen LogP contribution is -2.25. The number of ether oxygens (including phenoxy) is 1. The topological polar surface area (TPSA) is 26.3 Å². The van der Waals surface area contributed by atoms with Crippen LogP contribution >= 0.6 is 0 Å². The van der Waals surface area contributed by atoms with Crippen LogP contribution in [-0.4, -0.2) is 12.1 Å². The van der Waals surface area contributed by atoms with E-state index >= 15 is 0 Å². The Kier molecular flexibility index (Phi) is 1.22. The number of carbonyl (C=O) groups is 1. The minimum absolute atomic E-state index is 0.00752. The first-order chi connectivity index (χ1) is 4.85. The van der Waals surface area contributed by atoms with Crippen LogP contribution in [0.25, 0.3) is 0 Å². The molecule has 2 fully saturated rings. The van der Waals surface area contributed by atoms with Crippen LogP contribution in [0.15, 0.2) is 0 Å². The monoisotopic (exact) mass is 140 g/mol. The van der Waals surface area contributed by atoms with Gasteiger partial charge in [-0.1, -0.05) is 0 Å². The summed E-state index contributed by atoms with van der Waals surface area (Å²) in [6, 6.07) is 0. The summed E-state index contributed by atoms with van der Waals surface area (Å²) in [6.07, 6.45) is 5.89. The molecule has 0 N–H and O–H groups in total. The second-order valence-corrected chi connectivity index (χ2v) is 3.54. The maximum absolute atomic E-state index is 10.1. The lowest BCUT2D eigenvalue weighted by molar-refractivity contribution is -0.142. The molecule has 2 aliphatic rings. The first-order valence-electron chi connectivity index (χ1n) is 3.96. The summed E-state index contributed by atoms with van der Waals surface area (Å²) in [4.78, 5) is 10.1. The van der Waals surface area contributed by atoms with E-state index in [-0.39, 0.29) is 5.60 Å². The zero-order chi connectivity index (χ0) is 7.03. The van der Waals surface area contributed by atoms with Crippen LogP contribution in [0.3, 0.4) is 0 Å². The lowest BCUT2D eigenvalue weighted by atomic mass is 9.97. The SMILES string of the molecule is O=COC12CCC(CC1)C2. The molecule has 0 amide bonds. The molecule has 2 nitrogen and oxygen atoms in total. The van der Waals surface area contributed by atoms with Gasteiger partial charge in [-0.25, -0.2) is 0 Å². The molecule has 0 spiro atoms. The average molecular weight is 140 g/mol. The summed E-state index contributed by atoms with van der Waals surface area (Å²) >= 11 is 0. The van der Waals surface area contributed by atoms with Gasteiger partial charge in [-0.15, -0.1) is 0 Å². The highest BCUT2D eigenvalue weighted by Crippen LogP contribution is 2.49. The third kappa shape index (κ3) is 0.746. The predicted molar refractivity (Wildman–Crippen MR) is 36.5 cm³/mol. The molecule has 56 valence electrons. The van der Waals surface area contributed by atoms with Crippen molar-refractivity contribution in [2.24, 2.45) is 5.92 Å². The molecular formula is C8H12O2. The van der Waals surface area contributed by atoms with Crippen molar-refractivity contribution < 1.29 is 9.53 Å². The second-order valence-electron chi connectivity index (χ2n) is 3.54. The maximum atomic E-state index is 10.1. The Balaban J connectivity index is 2.07. The van der Waals surface area contributed by atoms with Crippen LogP contribution in [0.1, 0.15) is 32.1 Å². The van der Waals surface area contributed by atoms with E-state index in [0.717, 1.165) is 25.2 Å². The van der Waals surface area contributed by atoms with Crippen LogP contribution < -0.4 is 0 Å². The normalized spacial score (nSPS) is 43.8. The van der Waals surface area contributed by atoms with Crippen molar-refractivity contribution in [3.05, 3.63) is 0 Å². The Morgan fingerprint density at radius 3 is 2.50 bits per heavy atom. The molecule has 2 bridgehead atoms. The van der Waals surface area contributed by atoms with E-state index in [9.17, 15) is 4.79 Å². The van der Waals surface area contributed by atoms with Crippen molar-refractivity contribution in [3.8, 4) is 0 Å². The molecule has 0 aliphatic heterocycles. The van der Waals surface area contributed by atoms with Gasteiger partial charge in [0, 0.05) is 0 Å². The van der Waals surface area contributed by atoms with Gasteiger partial charge in [0.15, 0.2) is 0 Å². The smallest absolute Gasteiger partial charge is 0.293 e. The maximum Gasteiger partial charge on any atom is 0.293 e. The number of hydrogen-bond donors (Lipinski definition) is 0. The minimum Gasteiger partial charge on any atom is -0.461 e. The fourth-order valence-corrected chi connectivity index (χ4v) is 2.41. The number of carbonyl (C=O) groups excluding carboxylic acids is 1. The molecule has 0 aromatic carbocycles. The Bertz CT molecular complexity index is 145. The molecule has 0 unspecified atom stereocenters. The van der Waals surface area contributed by atoms with E-state index in [0.29, 0.717) is 6.47 Å². The molecule has 0 saturated heterocycles. The zero-order valence-corrected chi connectivity index (χ0v) is 6.01. The molecule has 0 aromatic heterocycles. The highest BCUT2D eigenvalue weighted by molar-refractivity contribution is 5.38. The van der Waals surface area contributed by atoms with E-state index in [1.807, 2.05) is 0 Å². The largest absolute Gasteiger partial charge is 0.461 e. The molecule has 0 radical (unpaired) electrons. The lowest BCUT2D eigenvalue weighted by Gasteiger charge is -2.23. The van der Waals surface area contributed by atoms with Gasteiger partial charge in [0.25, 0.3) is 6.47 Å². The van der Waals surface area contributed by atoms with Crippen molar-refractivity contribution >= 4 is 6.47 Å². The van der Waals surface area contributed by atoms with Crippen LogP contribution in [0, 0.1) is 5.92 Å². The first kappa shape index (κ1) is 6.20. The fourth-order valence-electron chi connectivity index (χ4n) is 2.41. The Hall–Kier alpha value is -0.530. The summed E-state index contributed by atoms with van der Waals surface area (Å²) in [5.74, 6) is 0.861. The van der Waals surface area contributed by atoms with Gasteiger partial charge in [-0.3, -0.25) is 4.79 Å². The van der Waals surface area contributed by atoms with E-state index in [1.165, 1.54) is 12.8 Å². The number of rotatable bonds is 2. The minimum atomic E-state index is -0.00752. The second kappa shape index (κ2) is 1.97. The van der Waals surface area contributed by atoms with Gasteiger partial charge >= 0.3 is 0 Å². The fraction of sp³-hybridized carbons (Fsp3) is 0.875. The Labute approximate surface area is 60.6 Å². The molecule has 0 aromatic rings. The third-order valence-electron chi connectivity index (χ3n) is 2.98. The van der Waals surface area contributed by atoms with Crippen molar-refractivity contribution in [1.29, 1.82) is 0 Å². The summed E-state index contributed by atoms with van der Waals surface area (Å²) in [5, 5.41) is 0. The molecule has 10 heavy (non-hydrogen) atoms. The van der Waals surface area contributed by atoms with E-state index in [4.69, 9.17) is 4.74 Å². The van der Waals surface area contributed by atoms with Crippen LogP contribution in [0.4, 0.5) is 0 Å². The number of hydrogen-bond acceptors (Lipinski definition) is 2. The van der Waals surface area contributed by atoms with E-state index in [1.54, 1.807) is 0 Å². The average Bonchev–Trinajstić information content (AvgIpc) is 2.46. The summed E-state index contributed by atoms with van der Waals surface area (Å²) in [5.41, 5.74) is -0.00752. The quantitative estimate of drug-likeness (QED) is 0.543. The van der Waals surface area contributed by atoms with E-state index < -0.39 is 0 Å². The van der Waals surface area contributed by atoms with E-state index in [2.05, 4.69) is 0 Å². The summed E-state index contributed by atoms with van der Waals surface area (Å²) in [6.45, 7) is 0.619. The molecule has 2 aliphatic carbocycles. The van der Waals surface area contributed by atoms with Crippen molar-refractivity contribution in [1.82, 2.24) is 0 Å². The predicted octanol–water partition coefficient (Wildman–Crippen LogP) is 1.49. The van der Waals surface area contributed by atoms with Gasteiger partial charge in [0.05, 0.1) is 0 Å². The number of fused-ring (bicyclic) bond motifs is 2. The van der Waals surface area contributed by atoms with Gasteiger partial charge < -0.3 is 4.74 Å². The van der Waals surface area contributed by atoms with Crippen LogP contribution in [0.2, 0.25) is 0 Å². The third-order valence-corrected chi connectivity index (χ3v) is 2.98. The molecule has 0 atom stereocenters. The van der Waals surface area contributed by atoms with Crippen LogP contribution in [-0.2, 0) is 9.53 Å². The summed E-state index contributed by atoms with van der Waals surface area (Å²) < 4.78 is 5.10. The van der Waals surface area contributed by atoms with Gasteiger partial charge in [-0.2, -0.15) is 0 Å². The van der Waals surface area contributed by atoms with Crippen molar-refractivity contribution in [3.63, 3.8) is 0 Å². The van der Waals surface area contributed by atoms with Crippen LogP contribution in [0.5, 0.6) is 0 Å². The van der Waals surface area contributed by atoms with Crippen molar-refractivity contribution in [2.75, 3.05) is 0 Å². The highest BCUT2D eigenvalue weighted by Gasteiger charge is 2.46. The zero-order valence-electron chi connectivity index (χ0n) is 6.01. The summed E-state index contributed by atoms with van der Waals surface area (Å²) in [7, 11) is 0. The standard InChI is InChI=1S/C8H12O2/c9-6-10-8-3-1-7(5-8)2-4-8/h6-7H,1-5H2. The first-order valence-corrected chi connectivity index (χ1v) is 3.96. The molecule has 0 heterocycles. The van der Waals surface area contributed by atoms with Gasteiger partial charge in [0.2, 0.25) is 0 Å². The Morgan fingerprint density at radius 2 is 2.10 bits per heavy atom. The molecule has 2 heteroatoms. The molecule has 2 saturated carbocycles. The van der Waals surface area contributed by atoms with Gasteiger partial charge in [-0.05, 0) is 38.0 Å².